The van der Waals surface area contributed by atoms with Gasteiger partial charge in [0.15, 0.2) is 0 Å². The first kappa shape index (κ1) is 14.6. The van der Waals surface area contributed by atoms with Crippen LogP contribution in [0.1, 0.15) is 31.7 Å². The van der Waals surface area contributed by atoms with Crippen molar-refractivity contribution in [3.05, 3.63) is 22.4 Å². The molecule has 0 aliphatic heterocycles. The van der Waals surface area contributed by atoms with E-state index in [0.717, 1.165) is 26.3 Å². The minimum absolute atomic E-state index is 0.134. The van der Waals surface area contributed by atoms with E-state index >= 15 is 0 Å². The molecule has 98 valence electrons. The molecule has 2 N–H and O–H groups in total. The smallest absolute Gasteiger partial charge is 0.0593 e. The van der Waals surface area contributed by atoms with E-state index in [9.17, 15) is 0 Å². The summed E-state index contributed by atoms with van der Waals surface area (Å²) in [6, 6.07) is 4.70. The number of rotatable bonds is 8. The van der Waals surface area contributed by atoms with E-state index in [0.29, 0.717) is 6.04 Å². The lowest BCUT2D eigenvalue weighted by atomic mass is 10.1. The van der Waals surface area contributed by atoms with Gasteiger partial charge in [-0.15, -0.1) is 11.3 Å². The van der Waals surface area contributed by atoms with E-state index in [-0.39, 0.29) is 6.04 Å². The van der Waals surface area contributed by atoms with Crippen molar-refractivity contribution < 1.29 is 4.74 Å². The van der Waals surface area contributed by atoms with Crippen LogP contribution in [0.2, 0.25) is 0 Å². The van der Waals surface area contributed by atoms with Crippen LogP contribution in [0.4, 0.5) is 0 Å². The molecule has 1 aromatic heterocycles. The van der Waals surface area contributed by atoms with E-state index in [1.165, 1.54) is 4.88 Å². The van der Waals surface area contributed by atoms with E-state index in [1.807, 2.05) is 6.92 Å². The highest BCUT2D eigenvalue weighted by Gasteiger charge is 2.23. The van der Waals surface area contributed by atoms with Gasteiger partial charge in [0.05, 0.1) is 12.6 Å². The molecule has 2 unspecified atom stereocenters. The molecule has 2 atom stereocenters. The number of hydrogen-bond acceptors (Lipinski definition) is 4. The van der Waals surface area contributed by atoms with Crippen molar-refractivity contribution in [2.45, 2.75) is 32.9 Å². The summed E-state index contributed by atoms with van der Waals surface area (Å²) >= 11 is 1.78. The number of ether oxygens (including phenoxy) is 1. The molecule has 0 radical (unpaired) electrons. The van der Waals surface area contributed by atoms with Gasteiger partial charge >= 0.3 is 0 Å². The molecule has 0 aliphatic rings. The van der Waals surface area contributed by atoms with Crippen LogP contribution in [0.25, 0.3) is 0 Å². The Morgan fingerprint density at radius 3 is 2.71 bits per heavy atom. The molecule has 1 rings (SSSR count). The van der Waals surface area contributed by atoms with Crippen LogP contribution in [0.3, 0.4) is 0 Å². The highest BCUT2D eigenvalue weighted by Crippen LogP contribution is 2.27. The van der Waals surface area contributed by atoms with Crippen molar-refractivity contribution in [2.75, 3.05) is 26.3 Å². The van der Waals surface area contributed by atoms with Crippen molar-refractivity contribution in [3.8, 4) is 0 Å². The van der Waals surface area contributed by atoms with Gasteiger partial charge in [-0.25, -0.2) is 0 Å². The van der Waals surface area contributed by atoms with Crippen LogP contribution in [0.5, 0.6) is 0 Å². The van der Waals surface area contributed by atoms with Gasteiger partial charge in [-0.05, 0) is 31.8 Å². The van der Waals surface area contributed by atoms with Crippen LogP contribution in [0, 0.1) is 0 Å². The maximum atomic E-state index is 6.13. The molecule has 1 heterocycles. The van der Waals surface area contributed by atoms with Crippen molar-refractivity contribution in [3.63, 3.8) is 0 Å². The Bertz CT molecular complexity index is 288. The van der Waals surface area contributed by atoms with Crippen molar-refractivity contribution in [2.24, 2.45) is 5.73 Å². The largest absolute Gasteiger partial charge is 0.380 e. The van der Waals surface area contributed by atoms with Crippen molar-refractivity contribution >= 4 is 11.3 Å². The Morgan fingerprint density at radius 2 is 2.24 bits per heavy atom. The van der Waals surface area contributed by atoms with E-state index in [2.05, 4.69) is 36.3 Å². The maximum absolute atomic E-state index is 6.13. The SMILES string of the molecule is CCOCCN(CC)C(c1cccs1)C(C)N. The van der Waals surface area contributed by atoms with Gasteiger partial charge in [-0.1, -0.05) is 13.0 Å². The number of hydrogen-bond donors (Lipinski definition) is 1. The molecule has 17 heavy (non-hydrogen) atoms. The standard InChI is InChI=1S/C13H24N2OS/c1-4-15(8-9-16-5-2)13(11(3)14)12-7-6-10-17-12/h6-7,10-11,13H,4-5,8-9,14H2,1-3H3. The van der Waals surface area contributed by atoms with E-state index in [1.54, 1.807) is 11.3 Å². The highest BCUT2D eigenvalue weighted by atomic mass is 32.1. The van der Waals surface area contributed by atoms with Crippen LogP contribution < -0.4 is 5.73 Å². The Labute approximate surface area is 109 Å². The van der Waals surface area contributed by atoms with Crippen molar-refractivity contribution in [1.29, 1.82) is 0 Å². The molecule has 0 fully saturated rings. The summed E-state index contributed by atoms with van der Waals surface area (Å²) in [5.74, 6) is 0. The normalized spacial score (nSPS) is 15.1. The summed E-state index contributed by atoms with van der Waals surface area (Å²) in [5.41, 5.74) is 6.13. The molecule has 1 aromatic rings. The van der Waals surface area contributed by atoms with Crippen LogP contribution in [-0.4, -0.2) is 37.2 Å². The molecule has 3 nitrogen and oxygen atoms in total. The van der Waals surface area contributed by atoms with Gasteiger partial charge in [-0.2, -0.15) is 0 Å². The van der Waals surface area contributed by atoms with Crippen LogP contribution in [-0.2, 0) is 4.74 Å². The second-order valence-electron chi connectivity index (χ2n) is 4.14. The number of thiophene rings is 1. The second kappa shape index (κ2) is 7.82. The fourth-order valence-electron chi connectivity index (χ4n) is 2.05. The highest BCUT2D eigenvalue weighted by molar-refractivity contribution is 7.10. The Kier molecular flexibility index (Phi) is 6.73. The van der Waals surface area contributed by atoms with Gasteiger partial charge in [-0.3, -0.25) is 4.90 Å². The average Bonchev–Trinajstić information content (AvgIpc) is 2.80. The third-order valence-electron chi connectivity index (χ3n) is 2.86. The average molecular weight is 256 g/mol. The lowest BCUT2D eigenvalue weighted by Crippen LogP contribution is -2.40. The lowest BCUT2D eigenvalue weighted by molar-refractivity contribution is 0.0918. The second-order valence-corrected chi connectivity index (χ2v) is 5.12. The summed E-state index contributed by atoms with van der Waals surface area (Å²) in [6.45, 7) is 9.77. The van der Waals surface area contributed by atoms with Crippen molar-refractivity contribution in [1.82, 2.24) is 4.90 Å². The minimum atomic E-state index is 0.134. The predicted octanol–water partition coefficient (Wildman–Crippen LogP) is 2.49. The molecule has 0 saturated carbocycles. The summed E-state index contributed by atoms with van der Waals surface area (Å²) in [5, 5.41) is 2.11. The number of nitrogens with zero attached hydrogens (tertiary/aromatic N) is 1. The van der Waals surface area contributed by atoms with Gasteiger partial charge < -0.3 is 10.5 Å². The molecule has 0 bridgehead atoms. The Morgan fingerprint density at radius 1 is 1.47 bits per heavy atom. The lowest BCUT2D eigenvalue weighted by Gasteiger charge is -2.32. The summed E-state index contributed by atoms with van der Waals surface area (Å²) in [6.07, 6.45) is 0. The third kappa shape index (κ3) is 4.39. The molecular weight excluding hydrogens is 232 g/mol. The first-order valence-electron chi connectivity index (χ1n) is 6.31. The Balaban J connectivity index is 2.67. The van der Waals surface area contributed by atoms with Gasteiger partial charge in [0, 0.05) is 24.1 Å². The molecular formula is C13H24N2OS. The van der Waals surface area contributed by atoms with E-state index in [4.69, 9.17) is 10.5 Å². The topological polar surface area (TPSA) is 38.5 Å². The summed E-state index contributed by atoms with van der Waals surface area (Å²) in [4.78, 5) is 3.74. The van der Waals surface area contributed by atoms with Gasteiger partial charge in [0.25, 0.3) is 0 Å². The fraction of sp³-hybridized carbons (Fsp3) is 0.692. The first-order valence-corrected chi connectivity index (χ1v) is 7.19. The first-order chi connectivity index (χ1) is 8.20. The zero-order chi connectivity index (χ0) is 12.7. The number of nitrogens with two attached hydrogens (primary N) is 1. The van der Waals surface area contributed by atoms with Crippen LogP contribution in [0.15, 0.2) is 17.5 Å². The summed E-state index contributed by atoms with van der Waals surface area (Å²) < 4.78 is 5.43. The molecule has 0 saturated heterocycles. The minimum Gasteiger partial charge on any atom is -0.380 e. The fourth-order valence-corrected chi connectivity index (χ4v) is 3.03. The summed E-state index contributed by atoms with van der Waals surface area (Å²) in [7, 11) is 0. The zero-order valence-corrected chi connectivity index (χ0v) is 11.9. The predicted molar refractivity (Wildman–Crippen MR) is 74.4 cm³/mol. The molecule has 4 heteroatoms. The Hall–Kier alpha value is -0.420. The van der Waals surface area contributed by atoms with Crippen LogP contribution >= 0.6 is 11.3 Å². The molecule has 0 amide bonds. The monoisotopic (exact) mass is 256 g/mol. The zero-order valence-electron chi connectivity index (χ0n) is 11.1. The van der Waals surface area contributed by atoms with Gasteiger partial charge in [0.1, 0.15) is 0 Å². The number of likely N-dealkylation sites (N-methyl/N-ethyl adjacent to an activating group) is 1. The third-order valence-corrected chi connectivity index (χ3v) is 3.80. The molecule has 0 spiro atoms. The molecule has 0 aromatic carbocycles. The van der Waals surface area contributed by atoms with E-state index < -0.39 is 0 Å². The maximum Gasteiger partial charge on any atom is 0.0593 e. The molecule has 0 aliphatic carbocycles. The quantitative estimate of drug-likeness (QED) is 0.726. The van der Waals surface area contributed by atoms with Gasteiger partial charge in [0.2, 0.25) is 0 Å².